The summed E-state index contributed by atoms with van der Waals surface area (Å²) in [4.78, 5) is 55.0. The summed E-state index contributed by atoms with van der Waals surface area (Å²) in [6.07, 6.45) is 8.23. The Labute approximate surface area is 248 Å². The molecule has 41 heavy (non-hydrogen) atoms. The molecule has 4 atom stereocenters. The number of nitrogens with zero attached hydrogens (tertiary/aromatic N) is 1. The van der Waals surface area contributed by atoms with Crippen LogP contribution in [0.2, 0.25) is 0 Å². The van der Waals surface area contributed by atoms with Crippen molar-refractivity contribution in [2.75, 3.05) is 12.3 Å². The second-order valence-corrected chi connectivity index (χ2v) is 13.5. The van der Waals surface area contributed by atoms with E-state index in [1.165, 1.54) is 17.5 Å². The van der Waals surface area contributed by atoms with E-state index in [2.05, 4.69) is 27.5 Å². The minimum atomic E-state index is -0.928. The van der Waals surface area contributed by atoms with Gasteiger partial charge in [-0.15, -0.1) is 0 Å². The number of amides is 4. The van der Waals surface area contributed by atoms with E-state index in [9.17, 15) is 19.2 Å². The van der Waals surface area contributed by atoms with Gasteiger partial charge in [0, 0.05) is 12.3 Å². The molecule has 10 heteroatoms. The summed E-state index contributed by atoms with van der Waals surface area (Å²) in [7, 11) is 0. The van der Waals surface area contributed by atoms with Gasteiger partial charge in [-0.05, 0) is 70.8 Å². The molecule has 0 aromatic heterocycles. The fraction of sp³-hybridized carbons (Fsp3) is 0.677. The molecule has 0 radical (unpaired) electrons. The molecule has 2 aliphatic heterocycles. The van der Waals surface area contributed by atoms with Crippen molar-refractivity contribution in [3.05, 3.63) is 35.9 Å². The van der Waals surface area contributed by atoms with Crippen LogP contribution in [-0.2, 0) is 25.5 Å². The summed E-state index contributed by atoms with van der Waals surface area (Å²) in [6, 6.07) is 8.72. The average molecular weight is 587 g/mol. The second-order valence-electron chi connectivity index (χ2n) is 12.6. The minimum absolute atomic E-state index is 0.0958. The van der Waals surface area contributed by atoms with Crippen molar-refractivity contribution in [2.24, 2.45) is 5.92 Å². The average Bonchev–Trinajstić information content (AvgIpc) is 3.38. The Hall–Kier alpha value is -2.75. The number of carbonyl (C=O) groups is 4. The highest BCUT2D eigenvalue weighted by Crippen LogP contribution is 2.48. The maximum absolute atomic E-state index is 13.7. The monoisotopic (exact) mass is 586 g/mol. The van der Waals surface area contributed by atoms with Crippen molar-refractivity contribution >= 4 is 35.8 Å². The minimum Gasteiger partial charge on any atom is -0.444 e. The highest BCUT2D eigenvalue weighted by molar-refractivity contribution is 7.97. The maximum Gasteiger partial charge on any atom is 0.408 e. The summed E-state index contributed by atoms with van der Waals surface area (Å²) in [5.74, 6) is 0.137. The Balaban J connectivity index is 1.43. The van der Waals surface area contributed by atoms with E-state index in [4.69, 9.17) is 4.74 Å². The first-order valence-electron chi connectivity index (χ1n) is 15.2. The van der Waals surface area contributed by atoms with Crippen molar-refractivity contribution < 1.29 is 23.9 Å². The number of ether oxygens (including phenoxy) is 1. The predicted molar refractivity (Wildman–Crippen MR) is 160 cm³/mol. The number of nitrogens with one attached hydrogen (secondary N) is 3. The van der Waals surface area contributed by atoms with Gasteiger partial charge in [0.1, 0.15) is 23.2 Å². The summed E-state index contributed by atoms with van der Waals surface area (Å²) in [6.45, 7) is 5.79. The van der Waals surface area contributed by atoms with Gasteiger partial charge in [0.15, 0.2) is 0 Å². The van der Waals surface area contributed by atoms with Crippen LogP contribution in [0.5, 0.6) is 0 Å². The summed E-state index contributed by atoms with van der Waals surface area (Å²) in [5.41, 5.74) is -0.398. The zero-order chi connectivity index (χ0) is 29.5. The Bertz CT molecular complexity index is 1080. The van der Waals surface area contributed by atoms with Gasteiger partial charge < -0.3 is 20.3 Å². The van der Waals surface area contributed by atoms with E-state index in [-0.39, 0.29) is 23.6 Å². The molecule has 0 bridgehead atoms. The molecule has 2 saturated heterocycles. The molecule has 0 unspecified atom stereocenters. The van der Waals surface area contributed by atoms with Gasteiger partial charge in [-0.3, -0.25) is 19.1 Å². The molecule has 3 N–H and O–H groups in total. The SMILES string of the molecule is CC(C)(C)OC(=O)N[C@H]1CCCCCCC[C@@H]2C[C@@]2(C(=O)NSCCc2ccccc2)NC(=O)[C@@H]2CCCN2C1=O. The predicted octanol–water partition coefficient (Wildman–Crippen LogP) is 4.50. The lowest BCUT2D eigenvalue weighted by atomic mass is 10.0. The first-order valence-corrected chi connectivity index (χ1v) is 16.2. The van der Waals surface area contributed by atoms with Crippen LogP contribution in [0.15, 0.2) is 30.3 Å². The van der Waals surface area contributed by atoms with Gasteiger partial charge in [0.05, 0.1) is 0 Å². The molecule has 2 heterocycles. The number of hydrogen-bond acceptors (Lipinski definition) is 6. The molecule has 1 aromatic rings. The van der Waals surface area contributed by atoms with Crippen LogP contribution < -0.4 is 15.4 Å². The number of benzene rings is 1. The first kappa shape index (κ1) is 31.2. The lowest BCUT2D eigenvalue weighted by Gasteiger charge is -2.30. The van der Waals surface area contributed by atoms with E-state index in [1.54, 1.807) is 25.7 Å². The molecular formula is C31H46N4O5S. The molecule has 3 aliphatic rings. The normalized spacial score (nSPS) is 27.4. The maximum atomic E-state index is 13.7. The molecule has 0 spiro atoms. The zero-order valence-corrected chi connectivity index (χ0v) is 25.5. The van der Waals surface area contributed by atoms with Crippen LogP contribution in [-0.4, -0.2) is 64.2 Å². The number of carbonyl (C=O) groups excluding carboxylic acids is 4. The third-order valence-corrected chi connectivity index (χ3v) is 8.97. The molecule has 4 rings (SSSR count). The first-order chi connectivity index (χ1) is 19.6. The lowest BCUT2D eigenvalue weighted by molar-refractivity contribution is -0.141. The van der Waals surface area contributed by atoms with Crippen LogP contribution in [0.1, 0.15) is 90.5 Å². The molecule has 3 fully saturated rings. The third-order valence-electron chi connectivity index (χ3n) is 8.23. The fourth-order valence-corrected chi connectivity index (χ4v) is 6.72. The Morgan fingerprint density at radius 3 is 2.46 bits per heavy atom. The van der Waals surface area contributed by atoms with Crippen LogP contribution in [0.25, 0.3) is 0 Å². The third kappa shape index (κ3) is 8.63. The van der Waals surface area contributed by atoms with Crippen LogP contribution in [0.3, 0.4) is 0 Å². The van der Waals surface area contributed by atoms with Crippen LogP contribution >= 0.6 is 11.9 Å². The van der Waals surface area contributed by atoms with E-state index < -0.39 is 29.3 Å². The highest BCUT2D eigenvalue weighted by atomic mass is 32.2. The second kappa shape index (κ2) is 13.9. The van der Waals surface area contributed by atoms with E-state index in [0.29, 0.717) is 32.2 Å². The quantitative estimate of drug-likeness (QED) is 0.334. The molecule has 4 amide bonds. The molecule has 9 nitrogen and oxygen atoms in total. The Morgan fingerprint density at radius 1 is 1.02 bits per heavy atom. The van der Waals surface area contributed by atoms with Gasteiger partial charge in [-0.25, -0.2) is 4.79 Å². The standard InChI is InChI=1S/C31H46N4O5S/c1-30(2,3)40-29(39)32-24-16-11-6-4-5-10-15-23-21-31(23,33-26(36)25-17-12-19-35(25)27(24)37)28(38)34-41-20-18-22-13-8-7-9-14-22/h7-9,13-14,23-25H,4-6,10-12,15-21H2,1-3H3,(H,32,39)(H,33,36)(H,34,38)/t23-,24+,25+,31-/m1/s1. The number of rotatable bonds is 6. The van der Waals surface area contributed by atoms with Crippen molar-refractivity contribution in [2.45, 2.75) is 115 Å². The largest absolute Gasteiger partial charge is 0.444 e. The topological polar surface area (TPSA) is 117 Å². The Morgan fingerprint density at radius 2 is 1.73 bits per heavy atom. The van der Waals surface area contributed by atoms with Crippen molar-refractivity contribution in [3.8, 4) is 0 Å². The van der Waals surface area contributed by atoms with Gasteiger partial charge in [0.25, 0.3) is 5.91 Å². The fourth-order valence-electron chi connectivity index (χ4n) is 5.97. The zero-order valence-electron chi connectivity index (χ0n) is 24.7. The lowest BCUT2D eigenvalue weighted by Crippen LogP contribution is -2.57. The van der Waals surface area contributed by atoms with Gasteiger partial charge >= 0.3 is 6.09 Å². The van der Waals surface area contributed by atoms with E-state index >= 15 is 0 Å². The molecule has 1 saturated carbocycles. The van der Waals surface area contributed by atoms with Crippen molar-refractivity contribution in [1.82, 2.24) is 20.3 Å². The van der Waals surface area contributed by atoms with E-state index in [1.807, 2.05) is 18.2 Å². The van der Waals surface area contributed by atoms with Crippen LogP contribution in [0.4, 0.5) is 4.79 Å². The highest BCUT2D eigenvalue weighted by Gasteiger charge is 2.61. The summed E-state index contributed by atoms with van der Waals surface area (Å²) >= 11 is 1.38. The van der Waals surface area contributed by atoms with Crippen molar-refractivity contribution in [1.29, 1.82) is 0 Å². The van der Waals surface area contributed by atoms with Crippen LogP contribution in [0, 0.1) is 5.92 Å². The molecular weight excluding hydrogens is 540 g/mol. The molecule has 1 aromatic carbocycles. The number of hydrogen-bond donors (Lipinski definition) is 3. The van der Waals surface area contributed by atoms with Gasteiger partial charge in [0.2, 0.25) is 11.8 Å². The Kier molecular flexibility index (Phi) is 10.6. The van der Waals surface area contributed by atoms with E-state index in [0.717, 1.165) is 50.7 Å². The molecule has 1 aliphatic carbocycles. The summed E-state index contributed by atoms with van der Waals surface area (Å²) < 4.78 is 8.43. The number of alkyl carbamates (subject to hydrolysis) is 1. The smallest absolute Gasteiger partial charge is 0.408 e. The van der Waals surface area contributed by atoms with Gasteiger partial charge in [-0.1, -0.05) is 74.4 Å². The van der Waals surface area contributed by atoms with Gasteiger partial charge in [-0.2, -0.15) is 0 Å². The number of fused-ring (bicyclic) bond motifs is 2. The molecule has 226 valence electrons. The number of aryl methyl sites for hydroxylation is 1. The summed E-state index contributed by atoms with van der Waals surface area (Å²) in [5, 5.41) is 5.88. The van der Waals surface area contributed by atoms with Crippen molar-refractivity contribution in [3.63, 3.8) is 0 Å².